The van der Waals surface area contributed by atoms with E-state index < -0.39 is 24.1 Å². The number of carbonyl (C=O) groups excluding carboxylic acids is 4. The molecular weight excluding hydrogens is 700 g/mol. The number of methoxy groups -OCH3 is 1. The number of unbranched alkanes of at least 4 members (excludes halogenated alkanes) is 1. The lowest BCUT2D eigenvalue weighted by Gasteiger charge is -2.16. The first-order chi connectivity index (χ1) is 26.9. The van der Waals surface area contributed by atoms with Crippen LogP contribution in [0.4, 0.5) is 16.2 Å². The van der Waals surface area contributed by atoms with Crippen LogP contribution in [0.3, 0.4) is 0 Å². The third-order valence-electron chi connectivity index (χ3n) is 8.27. The zero-order chi connectivity index (χ0) is 38.7. The highest BCUT2D eigenvalue weighted by atomic mass is 16.6. The molecule has 282 valence electrons. The second kappa shape index (κ2) is 21.0. The van der Waals surface area contributed by atoms with Crippen LogP contribution in [0.1, 0.15) is 45.5 Å². The van der Waals surface area contributed by atoms with Gasteiger partial charge in [-0.15, -0.1) is 5.11 Å². The number of rotatable bonds is 19. The summed E-state index contributed by atoms with van der Waals surface area (Å²) in [5.74, 6) is -0.840. The van der Waals surface area contributed by atoms with E-state index in [1.807, 2.05) is 97.1 Å². The number of fused-ring (bicyclic) bond motifs is 1. The van der Waals surface area contributed by atoms with Crippen molar-refractivity contribution in [3.63, 3.8) is 0 Å². The zero-order valence-electron chi connectivity index (χ0n) is 30.4. The number of allylic oxidation sites excluding steroid dienone is 1. The van der Waals surface area contributed by atoms with E-state index in [1.54, 1.807) is 18.3 Å². The monoisotopic (exact) mass is 742 g/mol. The molecule has 0 heterocycles. The molecule has 12 nitrogen and oxygen atoms in total. The number of ketones is 1. The lowest BCUT2D eigenvalue weighted by atomic mass is 10.1. The lowest BCUT2D eigenvalue weighted by Crippen LogP contribution is -2.41. The lowest BCUT2D eigenvalue weighted by molar-refractivity contribution is -0.143. The van der Waals surface area contributed by atoms with Crippen molar-refractivity contribution < 1.29 is 38.1 Å². The number of benzene rings is 5. The smallest absolute Gasteiger partial charge is 0.408 e. The molecular formula is C43H42N4O8. The van der Waals surface area contributed by atoms with Crippen LogP contribution >= 0.6 is 0 Å². The molecule has 0 aromatic heterocycles. The summed E-state index contributed by atoms with van der Waals surface area (Å²) >= 11 is 0. The maximum atomic E-state index is 12.7. The SMILES string of the molecule is COC(=O)[C@H](CCCCN/C=C/C(=O)c1ccc(C(=O)OCCOc2ccc3ccccc3c2N=Nc2ccccc2)cc1)NC(=O)OCc1ccccc1. The Balaban J connectivity index is 1.01. The predicted molar refractivity (Wildman–Crippen MR) is 208 cm³/mol. The van der Waals surface area contributed by atoms with Gasteiger partial charge < -0.3 is 29.6 Å². The van der Waals surface area contributed by atoms with Crippen molar-refractivity contribution in [2.75, 3.05) is 26.9 Å². The standard InChI is InChI=1S/C43H42N4O8/c1-52-42(50)37(45-43(51)55-30-31-12-4-2-5-13-31)18-10-11-26-44-27-25-38(48)33-19-21-34(22-20-33)41(49)54-29-28-53-39-24-23-32-14-8-9-17-36(32)40(39)47-46-35-15-6-3-7-16-35/h2-9,12-17,19-25,27,37,44H,10-11,18,26,28-30H2,1H3,(H,45,51)/b27-25+,47-46?/t37-/m0/s1. The third kappa shape index (κ3) is 12.4. The molecule has 1 atom stereocenters. The van der Waals surface area contributed by atoms with Gasteiger partial charge >= 0.3 is 18.0 Å². The molecule has 0 aliphatic rings. The van der Waals surface area contributed by atoms with Crippen molar-refractivity contribution in [1.29, 1.82) is 0 Å². The number of nitrogens with one attached hydrogen (secondary N) is 2. The average Bonchev–Trinajstić information content (AvgIpc) is 3.23. The predicted octanol–water partition coefficient (Wildman–Crippen LogP) is 8.42. The quantitative estimate of drug-likeness (QED) is 0.0212. The fourth-order valence-electron chi connectivity index (χ4n) is 5.38. The van der Waals surface area contributed by atoms with E-state index in [-0.39, 0.29) is 25.6 Å². The summed E-state index contributed by atoms with van der Waals surface area (Å²) in [4.78, 5) is 49.7. The molecule has 0 fully saturated rings. The van der Waals surface area contributed by atoms with E-state index in [1.165, 1.54) is 25.3 Å². The Morgan fingerprint density at radius 2 is 1.44 bits per heavy atom. The van der Waals surface area contributed by atoms with Gasteiger partial charge in [0.05, 0.1) is 18.4 Å². The Morgan fingerprint density at radius 1 is 0.727 bits per heavy atom. The summed E-state index contributed by atoms with van der Waals surface area (Å²) in [5.41, 5.74) is 2.82. The van der Waals surface area contributed by atoms with Crippen LogP contribution in [0, 0.1) is 0 Å². The first kappa shape index (κ1) is 39.4. The molecule has 0 saturated heterocycles. The number of hydrogen-bond acceptors (Lipinski definition) is 11. The van der Waals surface area contributed by atoms with Crippen LogP contribution < -0.4 is 15.4 Å². The summed E-state index contributed by atoms with van der Waals surface area (Å²) < 4.78 is 21.4. The number of carbonyl (C=O) groups is 4. The highest BCUT2D eigenvalue weighted by Gasteiger charge is 2.22. The normalized spacial score (nSPS) is 11.6. The number of amides is 1. The number of ether oxygens (including phenoxy) is 4. The van der Waals surface area contributed by atoms with Crippen molar-refractivity contribution in [1.82, 2.24) is 10.6 Å². The highest BCUT2D eigenvalue weighted by molar-refractivity contribution is 6.05. The second-order valence-corrected chi connectivity index (χ2v) is 12.2. The van der Waals surface area contributed by atoms with Gasteiger partial charge in [-0.05, 0) is 60.5 Å². The van der Waals surface area contributed by atoms with Gasteiger partial charge in [-0.1, -0.05) is 91.0 Å². The number of azo groups is 1. The first-order valence-electron chi connectivity index (χ1n) is 17.8. The molecule has 5 aromatic rings. The van der Waals surface area contributed by atoms with Gasteiger partial charge in [0.2, 0.25) is 0 Å². The van der Waals surface area contributed by atoms with E-state index in [0.717, 1.165) is 16.3 Å². The van der Waals surface area contributed by atoms with Crippen molar-refractivity contribution in [2.45, 2.75) is 31.9 Å². The maximum Gasteiger partial charge on any atom is 0.408 e. The molecule has 55 heavy (non-hydrogen) atoms. The van der Waals surface area contributed by atoms with Crippen molar-refractivity contribution in [3.8, 4) is 5.75 Å². The van der Waals surface area contributed by atoms with Gasteiger partial charge in [0.25, 0.3) is 0 Å². The van der Waals surface area contributed by atoms with Crippen LogP contribution in [0.25, 0.3) is 10.8 Å². The Labute approximate surface area is 319 Å². The molecule has 0 aliphatic carbocycles. The summed E-state index contributed by atoms with van der Waals surface area (Å²) in [7, 11) is 1.26. The largest absolute Gasteiger partial charge is 0.488 e. The molecule has 0 unspecified atom stereocenters. The Kier molecular flexibility index (Phi) is 15.1. The molecule has 12 heteroatoms. The fraction of sp³-hybridized carbons (Fsp3) is 0.209. The Morgan fingerprint density at radius 3 is 2.20 bits per heavy atom. The average molecular weight is 743 g/mol. The van der Waals surface area contributed by atoms with Crippen LogP contribution in [0.15, 0.2) is 144 Å². The van der Waals surface area contributed by atoms with E-state index in [9.17, 15) is 19.2 Å². The van der Waals surface area contributed by atoms with Crippen LogP contribution in [0.2, 0.25) is 0 Å². The van der Waals surface area contributed by atoms with Gasteiger partial charge in [0.15, 0.2) is 5.78 Å². The van der Waals surface area contributed by atoms with Gasteiger partial charge in [0.1, 0.15) is 37.3 Å². The van der Waals surface area contributed by atoms with E-state index in [0.29, 0.717) is 54.1 Å². The summed E-state index contributed by atoms with van der Waals surface area (Å²) in [6.07, 6.45) is 3.86. The molecule has 2 N–H and O–H groups in total. The third-order valence-corrected chi connectivity index (χ3v) is 8.27. The minimum Gasteiger partial charge on any atom is -0.488 e. The van der Waals surface area contributed by atoms with E-state index >= 15 is 0 Å². The summed E-state index contributed by atoms with van der Waals surface area (Å²) in [6.45, 7) is 0.711. The van der Waals surface area contributed by atoms with Gasteiger partial charge in [-0.25, -0.2) is 14.4 Å². The summed E-state index contributed by atoms with van der Waals surface area (Å²) in [5, 5.41) is 16.3. The van der Waals surface area contributed by atoms with Gasteiger partial charge in [0, 0.05) is 29.8 Å². The van der Waals surface area contributed by atoms with Gasteiger partial charge in [-0.2, -0.15) is 5.11 Å². The van der Waals surface area contributed by atoms with Crippen molar-refractivity contribution in [3.05, 3.63) is 150 Å². The number of alkyl carbamates (subject to hydrolysis) is 1. The highest BCUT2D eigenvalue weighted by Crippen LogP contribution is 2.37. The molecule has 0 spiro atoms. The van der Waals surface area contributed by atoms with Crippen molar-refractivity contribution >= 4 is 46.0 Å². The van der Waals surface area contributed by atoms with Crippen LogP contribution in [0.5, 0.6) is 5.75 Å². The minimum absolute atomic E-state index is 0.00281. The summed E-state index contributed by atoms with van der Waals surface area (Å²) in [6, 6.07) is 35.5. The topological polar surface area (TPSA) is 154 Å². The van der Waals surface area contributed by atoms with Crippen LogP contribution in [-0.2, 0) is 25.6 Å². The molecule has 0 aliphatic heterocycles. The maximum absolute atomic E-state index is 12.7. The number of esters is 2. The first-order valence-corrected chi connectivity index (χ1v) is 17.8. The molecule has 5 rings (SSSR count). The van der Waals surface area contributed by atoms with Crippen molar-refractivity contribution in [2.24, 2.45) is 10.2 Å². The zero-order valence-corrected chi connectivity index (χ0v) is 30.4. The number of hydrogen-bond donors (Lipinski definition) is 2. The molecule has 0 bridgehead atoms. The van der Waals surface area contributed by atoms with Gasteiger partial charge in [-0.3, -0.25) is 4.79 Å². The van der Waals surface area contributed by atoms with Crippen LogP contribution in [-0.4, -0.2) is 56.7 Å². The molecule has 0 radical (unpaired) electrons. The van der Waals surface area contributed by atoms with E-state index in [4.69, 9.17) is 18.9 Å². The molecule has 0 saturated carbocycles. The fourth-order valence-corrected chi connectivity index (χ4v) is 5.38. The number of nitrogens with zero attached hydrogens (tertiary/aromatic N) is 2. The van der Waals surface area contributed by atoms with E-state index in [2.05, 4.69) is 20.9 Å². The Bertz CT molecular complexity index is 2090. The molecule has 5 aromatic carbocycles. The molecule has 1 amide bonds. The second-order valence-electron chi connectivity index (χ2n) is 12.2. The Hall–Kier alpha value is -6.82. The minimum atomic E-state index is -0.842.